The van der Waals surface area contributed by atoms with E-state index in [4.69, 9.17) is 0 Å². The highest BCUT2D eigenvalue weighted by Gasteiger charge is 2.28. The highest BCUT2D eigenvalue weighted by molar-refractivity contribution is 14.0. The Labute approximate surface area is 187 Å². The minimum atomic E-state index is -2.93. The van der Waals surface area contributed by atoms with Crippen molar-refractivity contribution in [2.75, 3.05) is 24.6 Å². The molecule has 1 aliphatic rings. The third-order valence-electron chi connectivity index (χ3n) is 4.44. The molecule has 0 aliphatic carbocycles. The second-order valence-corrected chi connectivity index (χ2v) is 9.79. The molecule has 11 heteroatoms. The van der Waals surface area contributed by atoms with Gasteiger partial charge in [0.25, 0.3) is 0 Å². The Kier molecular flexibility index (Phi) is 9.15. The van der Waals surface area contributed by atoms with E-state index >= 15 is 0 Å². The summed E-state index contributed by atoms with van der Waals surface area (Å²) in [6.45, 7) is 4.09. The summed E-state index contributed by atoms with van der Waals surface area (Å²) in [6.07, 6.45) is 4.06. The van der Waals surface area contributed by atoms with Gasteiger partial charge in [0.05, 0.1) is 11.5 Å². The van der Waals surface area contributed by atoms with Crippen LogP contribution in [0.4, 0.5) is 0 Å². The SMILES string of the molecule is CCc1nncn1CCNC(=NCCc1cccs1)NC1CCS(=O)(=O)C1.I. The van der Waals surface area contributed by atoms with Gasteiger partial charge in [-0.1, -0.05) is 13.0 Å². The van der Waals surface area contributed by atoms with Gasteiger partial charge in [-0.25, -0.2) is 8.42 Å². The maximum absolute atomic E-state index is 11.7. The van der Waals surface area contributed by atoms with Crippen LogP contribution in [0.3, 0.4) is 0 Å². The Bertz CT molecular complexity index is 851. The van der Waals surface area contributed by atoms with Crippen LogP contribution in [0.5, 0.6) is 0 Å². The molecule has 1 unspecified atom stereocenters. The molecule has 2 N–H and O–H groups in total. The number of aromatic nitrogens is 3. The summed E-state index contributed by atoms with van der Waals surface area (Å²) in [7, 11) is -2.93. The van der Waals surface area contributed by atoms with Crippen molar-refractivity contribution in [1.82, 2.24) is 25.4 Å². The predicted molar refractivity (Wildman–Crippen MR) is 123 cm³/mol. The number of thiophene rings is 1. The molecule has 1 fully saturated rings. The van der Waals surface area contributed by atoms with Crippen molar-refractivity contribution in [2.45, 2.75) is 38.8 Å². The lowest BCUT2D eigenvalue weighted by Gasteiger charge is -2.17. The fourth-order valence-electron chi connectivity index (χ4n) is 3.02. The lowest BCUT2D eigenvalue weighted by Crippen LogP contribution is -2.45. The molecule has 156 valence electrons. The van der Waals surface area contributed by atoms with Crippen LogP contribution in [0.15, 0.2) is 28.8 Å². The summed E-state index contributed by atoms with van der Waals surface area (Å²) in [5.41, 5.74) is 0. The largest absolute Gasteiger partial charge is 0.355 e. The number of hydrogen-bond donors (Lipinski definition) is 2. The van der Waals surface area contributed by atoms with Crippen LogP contribution >= 0.6 is 35.3 Å². The second-order valence-electron chi connectivity index (χ2n) is 6.52. The van der Waals surface area contributed by atoms with Gasteiger partial charge in [-0.05, 0) is 17.9 Å². The summed E-state index contributed by atoms with van der Waals surface area (Å²) in [5.74, 6) is 2.03. The number of hydrogen-bond acceptors (Lipinski definition) is 6. The Balaban J connectivity index is 0.00000280. The molecule has 0 saturated carbocycles. The number of sulfone groups is 1. The van der Waals surface area contributed by atoms with Gasteiger partial charge in [-0.2, -0.15) is 0 Å². The number of nitrogens with zero attached hydrogens (tertiary/aromatic N) is 4. The number of halogens is 1. The highest BCUT2D eigenvalue weighted by atomic mass is 127. The molecule has 0 aromatic carbocycles. The molecule has 0 amide bonds. The Morgan fingerprint density at radius 2 is 2.32 bits per heavy atom. The highest BCUT2D eigenvalue weighted by Crippen LogP contribution is 2.11. The maximum Gasteiger partial charge on any atom is 0.191 e. The van der Waals surface area contributed by atoms with Gasteiger partial charge in [0.15, 0.2) is 15.8 Å². The summed E-state index contributed by atoms with van der Waals surface area (Å²) in [5, 5.41) is 16.7. The van der Waals surface area contributed by atoms with E-state index in [0.29, 0.717) is 25.5 Å². The van der Waals surface area contributed by atoms with E-state index in [1.54, 1.807) is 17.7 Å². The van der Waals surface area contributed by atoms with Crippen LogP contribution < -0.4 is 10.6 Å². The summed E-state index contributed by atoms with van der Waals surface area (Å²) < 4.78 is 25.4. The average molecular weight is 538 g/mol. The van der Waals surface area contributed by atoms with Crippen molar-refractivity contribution in [3.63, 3.8) is 0 Å². The first-order chi connectivity index (χ1) is 13.1. The number of aryl methyl sites for hydroxylation is 1. The first kappa shape index (κ1) is 23.1. The van der Waals surface area contributed by atoms with E-state index in [0.717, 1.165) is 25.2 Å². The smallest absolute Gasteiger partial charge is 0.191 e. The predicted octanol–water partition coefficient (Wildman–Crippen LogP) is 1.48. The summed E-state index contributed by atoms with van der Waals surface area (Å²) in [4.78, 5) is 5.93. The molecule has 1 saturated heterocycles. The van der Waals surface area contributed by atoms with Gasteiger partial charge in [0, 0.05) is 43.4 Å². The fourth-order valence-corrected chi connectivity index (χ4v) is 5.39. The zero-order chi connectivity index (χ0) is 19.1. The second kappa shape index (κ2) is 11.1. The van der Waals surface area contributed by atoms with E-state index in [1.165, 1.54) is 4.88 Å². The fraction of sp³-hybridized carbons (Fsp3) is 0.588. The number of rotatable bonds is 8. The van der Waals surface area contributed by atoms with Crippen LogP contribution in [-0.2, 0) is 29.2 Å². The third-order valence-corrected chi connectivity index (χ3v) is 7.14. The van der Waals surface area contributed by atoms with Crippen molar-refractivity contribution in [3.8, 4) is 0 Å². The molecule has 1 aliphatic heterocycles. The van der Waals surface area contributed by atoms with Crippen LogP contribution in [-0.4, -0.2) is 59.8 Å². The van der Waals surface area contributed by atoms with E-state index in [2.05, 4.69) is 37.3 Å². The van der Waals surface area contributed by atoms with Crippen molar-refractivity contribution in [1.29, 1.82) is 0 Å². The minimum Gasteiger partial charge on any atom is -0.355 e. The molecule has 28 heavy (non-hydrogen) atoms. The molecule has 3 heterocycles. The van der Waals surface area contributed by atoms with Gasteiger partial charge >= 0.3 is 0 Å². The normalized spacial score (nSPS) is 18.6. The van der Waals surface area contributed by atoms with Gasteiger partial charge in [-0.15, -0.1) is 45.5 Å². The van der Waals surface area contributed by atoms with E-state index in [-0.39, 0.29) is 41.5 Å². The molecule has 2 aromatic heterocycles. The van der Waals surface area contributed by atoms with Crippen molar-refractivity contribution in [2.24, 2.45) is 4.99 Å². The van der Waals surface area contributed by atoms with Crippen LogP contribution in [0.25, 0.3) is 0 Å². The summed E-state index contributed by atoms with van der Waals surface area (Å²) in [6, 6.07) is 4.06. The number of guanidine groups is 1. The Morgan fingerprint density at radius 3 is 3.00 bits per heavy atom. The average Bonchev–Trinajstić information content (AvgIpc) is 3.36. The van der Waals surface area contributed by atoms with Crippen molar-refractivity contribution in [3.05, 3.63) is 34.5 Å². The third kappa shape index (κ3) is 6.99. The van der Waals surface area contributed by atoms with Gasteiger partial charge in [-0.3, -0.25) is 4.99 Å². The Hall–Kier alpha value is -1.21. The number of nitrogens with one attached hydrogen (secondary N) is 2. The van der Waals surface area contributed by atoms with Crippen LogP contribution in [0, 0.1) is 0 Å². The topological polar surface area (TPSA) is 101 Å². The first-order valence-corrected chi connectivity index (χ1v) is 11.9. The zero-order valence-electron chi connectivity index (χ0n) is 15.9. The monoisotopic (exact) mass is 538 g/mol. The molecule has 1 atom stereocenters. The van der Waals surface area contributed by atoms with E-state index < -0.39 is 9.84 Å². The molecule has 0 spiro atoms. The summed E-state index contributed by atoms with van der Waals surface area (Å²) >= 11 is 1.72. The van der Waals surface area contributed by atoms with Gasteiger partial charge < -0.3 is 15.2 Å². The van der Waals surface area contributed by atoms with Crippen molar-refractivity contribution < 1.29 is 8.42 Å². The Morgan fingerprint density at radius 1 is 1.46 bits per heavy atom. The van der Waals surface area contributed by atoms with Crippen LogP contribution in [0.1, 0.15) is 24.0 Å². The molecule has 0 radical (unpaired) electrons. The molecule has 3 rings (SSSR count). The number of aliphatic imine (C=N–C) groups is 1. The molecule has 8 nitrogen and oxygen atoms in total. The lowest BCUT2D eigenvalue weighted by molar-refractivity contribution is 0.597. The maximum atomic E-state index is 11.7. The molecule has 0 bridgehead atoms. The minimum absolute atomic E-state index is 0. The lowest BCUT2D eigenvalue weighted by atomic mass is 10.3. The van der Waals surface area contributed by atoms with E-state index in [1.807, 2.05) is 17.6 Å². The molecule has 2 aromatic rings. The zero-order valence-corrected chi connectivity index (χ0v) is 19.8. The molecular weight excluding hydrogens is 511 g/mol. The van der Waals surface area contributed by atoms with Crippen LogP contribution in [0.2, 0.25) is 0 Å². The standard InChI is InChI=1S/C17H26N6O2S2.HI/c1-2-16-22-20-13-23(16)9-8-19-17(18-7-5-15-4-3-10-26-15)21-14-6-11-27(24,25)12-14;/h3-4,10,13-14H,2,5-9,11-12H2,1H3,(H2,18,19,21);1H. The van der Waals surface area contributed by atoms with Gasteiger partial charge in [0.2, 0.25) is 0 Å². The van der Waals surface area contributed by atoms with E-state index in [9.17, 15) is 8.42 Å². The quantitative estimate of drug-likeness (QED) is 0.300. The first-order valence-electron chi connectivity index (χ1n) is 9.20. The molecular formula is C17H27IN6O2S2. The van der Waals surface area contributed by atoms with Crippen molar-refractivity contribution >= 4 is 51.1 Å². The van der Waals surface area contributed by atoms with Gasteiger partial charge in [0.1, 0.15) is 12.2 Å².